The zero-order valence-corrected chi connectivity index (χ0v) is 13.4. The molecule has 0 aliphatic heterocycles. The second-order valence-electron chi connectivity index (χ2n) is 4.20. The minimum absolute atomic E-state index is 0.00429. The van der Waals surface area contributed by atoms with Crippen molar-refractivity contribution in [3.63, 3.8) is 0 Å². The van der Waals surface area contributed by atoms with Crippen molar-refractivity contribution in [1.29, 1.82) is 0 Å². The van der Waals surface area contributed by atoms with Crippen LogP contribution in [0.3, 0.4) is 0 Å². The number of sulfonamides is 1. The second kappa shape index (κ2) is 5.24. The number of nitrogens with one attached hydrogen (secondary N) is 1. The SMILES string of the molecule is CSc1cccc(NS(=O)(=O)c2c(N)nc3sccn23)c1. The summed E-state index contributed by atoms with van der Waals surface area (Å²) in [7, 11) is -3.80. The Morgan fingerprint density at radius 2 is 2.24 bits per heavy atom. The van der Waals surface area contributed by atoms with Gasteiger partial charge in [0.25, 0.3) is 10.0 Å². The van der Waals surface area contributed by atoms with Crippen LogP contribution in [-0.4, -0.2) is 24.1 Å². The quantitative estimate of drug-likeness (QED) is 0.712. The first-order valence-corrected chi connectivity index (χ1v) is 9.48. The average Bonchev–Trinajstić information content (AvgIpc) is 2.97. The second-order valence-corrected chi connectivity index (χ2v) is 7.55. The lowest BCUT2D eigenvalue weighted by atomic mass is 10.3. The van der Waals surface area contributed by atoms with E-state index in [0.29, 0.717) is 10.6 Å². The predicted octanol–water partition coefficient (Wildman–Crippen LogP) is 2.50. The van der Waals surface area contributed by atoms with E-state index in [1.807, 2.05) is 12.3 Å². The summed E-state index contributed by atoms with van der Waals surface area (Å²) >= 11 is 2.87. The molecule has 2 heterocycles. The molecule has 1 aromatic carbocycles. The highest BCUT2D eigenvalue weighted by atomic mass is 32.2. The lowest BCUT2D eigenvalue weighted by Gasteiger charge is -2.08. The molecule has 3 N–H and O–H groups in total. The molecule has 0 radical (unpaired) electrons. The number of benzene rings is 1. The molecule has 3 rings (SSSR count). The van der Waals surface area contributed by atoms with Crippen LogP contribution in [0.5, 0.6) is 0 Å². The smallest absolute Gasteiger partial charge is 0.281 e. The summed E-state index contributed by atoms with van der Waals surface area (Å²) < 4.78 is 29.1. The van der Waals surface area contributed by atoms with Gasteiger partial charge in [-0.3, -0.25) is 9.12 Å². The lowest BCUT2D eigenvalue weighted by Crippen LogP contribution is -2.16. The Morgan fingerprint density at radius 3 is 3.00 bits per heavy atom. The molecule has 6 nitrogen and oxygen atoms in total. The monoisotopic (exact) mass is 340 g/mol. The van der Waals surface area contributed by atoms with Crippen LogP contribution < -0.4 is 10.5 Å². The standard InChI is InChI=1S/C12H12N4O2S3/c1-19-9-4-2-3-8(7-9)15-21(17,18)11-10(13)14-12-16(11)5-6-20-12/h2-7,15H,13H2,1H3. The first-order valence-electron chi connectivity index (χ1n) is 5.89. The van der Waals surface area contributed by atoms with Gasteiger partial charge in [0.15, 0.2) is 10.8 Å². The van der Waals surface area contributed by atoms with E-state index in [4.69, 9.17) is 5.73 Å². The van der Waals surface area contributed by atoms with Gasteiger partial charge < -0.3 is 5.73 Å². The van der Waals surface area contributed by atoms with Crippen molar-refractivity contribution >= 4 is 49.6 Å². The van der Waals surface area contributed by atoms with Crippen LogP contribution in [-0.2, 0) is 10.0 Å². The average molecular weight is 340 g/mol. The number of nitrogens with two attached hydrogens (primary N) is 1. The number of nitrogens with zero attached hydrogens (tertiary/aromatic N) is 2. The molecular formula is C12H12N4O2S3. The summed E-state index contributed by atoms with van der Waals surface area (Å²) in [5.41, 5.74) is 6.24. The van der Waals surface area contributed by atoms with Crippen LogP contribution in [0.2, 0.25) is 0 Å². The van der Waals surface area contributed by atoms with Crippen molar-refractivity contribution in [2.45, 2.75) is 9.92 Å². The molecule has 0 saturated carbocycles. The molecule has 0 unspecified atom stereocenters. The Balaban J connectivity index is 2.04. The maximum absolute atomic E-state index is 12.5. The fourth-order valence-electron chi connectivity index (χ4n) is 1.94. The molecule has 9 heteroatoms. The number of fused-ring (bicyclic) bond motifs is 1. The number of rotatable bonds is 4. The summed E-state index contributed by atoms with van der Waals surface area (Å²) in [6.45, 7) is 0. The van der Waals surface area contributed by atoms with E-state index >= 15 is 0 Å². The maximum Gasteiger partial charge on any atom is 0.281 e. The molecule has 0 atom stereocenters. The number of anilines is 2. The summed E-state index contributed by atoms with van der Waals surface area (Å²) in [6, 6.07) is 7.17. The minimum atomic E-state index is -3.80. The van der Waals surface area contributed by atoms with Crippen LogP contribution >= 0.6 is 23.1 Å². The highest BCUT2D eigenvalue weighted by Gasteiger charge is 2.24. The molecular weight excluding hydrogens is 328 g/mol. The molecule has 2 aromatic heterocycles. The molecule has 0 fully saturated rings. The number of aromatic nitrogens is 2. The number of hydrogen-bond donors (Lipinski definition) is 2. The molecule has 0 amide bonds. The van der Waals surface area contributed by atoms with E-state index in [0.717, 1.165) is 4.90 Å². The Hall–Kier alpha value is -1.71. The topological polar surface area (TPSA) is 89.5 Å². The predicted molar refractivity (Wildman–Crippen MR) is 86.5 cm³/mol. The zero-order chi connectivity index (χ0) is 15.0. The number of imidazole rings is 1. The van der Waals surface area contributed by atoms with Crippen molar-refractivity contribution < 1.29 is 8.42 Å². The maximum atomic E-state index is 12.5. The van der Waals surface area contributed by atoms with Gasteiger partial charge in [-0.2, -0.15) is 8.42 Å². The van der Waals surface area contributed by atoms with Crippen LogP contribution in [0.1, 0.15) is 0 Å². The largest absolute Gasteiger partial charge is 0.381 e. The van der Waals surface area contributed by atoms with Crippen molar-refractivity contribution in [3.8, 4) is 0 Å². The summed E-state index contributed by atoms with van der Waals surface area (Å²) in [5, 5.41) is 1.73. The molecule has 0 saturated heterocycles. The van der Waals surface area contributed by atoms with E-state index in [9.17, 15) is 8.42 Å². The molecule has 0 spiro atoms. The zero-order valence-electron chi connectivity index (χ0n) is 11.0. The van der Waals surface area contributed by atoms with Crippen molar-refractivity contribution in [2.24, 2.45) is 0 Å². The first-order chi connectivity index (χ1) is 10.0. The normalized spacial score (nSPS) is 11.9. The minimum Gasteiger partial charge on any atom is -0.381 e. The molecule has 110 valence electrons. The van der Waals surface area contributed by atoms with Gasteiger partial charge in [0.1, 0.15) is 0 Å². The van der Waals surface area contributed by atoms with Gasteiger partial charge in [0.05, 0.1) is 0 Å². The van der Waals surface area contributed by atoms with Gasteiger partial charge in [-0.1, -0.05) is 6.07 Å². The molecule has 3 aromatic rings. The van der Waals surface area contributed by atoms with E-state index in [-0.39, 0.29) is 10.8 Å². The first kappa shape index (κ1) is 14.2. The number of thioether (sulfide) groups is 1. The number of thiazole rings is 1. The van der Waals surface area contributed by atoms with Gasteiger partial charge in [-0.15, -0.1) is 23.1 Å². The summed E-state index contributed by atoms with van der Waals surface area (Å²) in [4.78, 5) is 5.57. The Bertz CT molecular complexity index is 898. The van der Waals surface area contributed by atoms with Crippen LogP contribution in [0.25, 0.3) is 4.96 Å². The number of nitrogen functional groups attached to an aromatic ring is 1. The van der Waals surface area contributed by atoms with Crippen LogP contribution in [0, 0.1) is 0 Å². The number of hydrogen-bond acceptors (Lipinski definition) is 6. The van der Waals surface area contributed by atoms with Crippen LogP contribution in [0.15, 0.2) is 45.8 Å². The van der Waals surface area contributed by atoms with Crippen molar-refractivity contribution in [2.75, 3.05) is 16.7 Å². The van der Waals surface area contributed by atoms with Gasteiger partial charge in [-0.05, 0) is 24.5 Å². The third-order valence-corrected chi connectivity index (χ3v) is 5.72. The molecule has 21 heavy (non-hydrogen) atoms. The van der Waals surface area contributed by atoms with Crippen molar-refractivity contribution in [1.82, 2.24) is 9.38 Å². The summed E-state index contributed by atoms with van der Waals surface area (Å²) in [6.07, 6.45) is 3.56. The highest BCUT2D eigenvalue weighted by molar-refractivity contribution is 7.98. The fraction of sp³-hybridized carbons (Fsp3) is 0.0833. The fourth-order valence-corrected chi connectivity index (χ4v) is 4.44. The van der Waals surface area contributed by atoms with Gasteiger partial charge >= 0.3 is 0 Å². The Labute approximate surface area is 130 Å². The van der Waals surface area contributed by atoms with Gasteiger partial charge in [0.2, 0.25) is 5.03 Å². The van der Waals surface area contributed by atoms with Crippen molar-refractivity contribution in [3.05, 3.63) is 35.8 Å². The lowest BCUT2D eigenvalue weighted by molar-refractivity contribution is 0.597. The summed E-state index contributed by atoms with van der Waals surface area (Å²) in [5.74, 6) is -0.00429. The van der Waals surface area contributed by atoms with Crippen LogP contribution in [0.4, 0.5) is 11.5 Å². The Kier molecular flexibility index (Phi) is 3.56. The van der Waals surface area contributed by atoms with E-state index in [2.05, 4.69) is 9.71 Å². The third-order valence-electron chi connectivity index (χ3n) is 2.82. The van der Waals surface area contributed by atoms with E-state index in [1.54, 1.807) is 29.8 Å². The van der Waals surface area contributed by atoms with Gasteiger partial charge in [-0.25, -0.2) is 4.98 Å². The van der Waals surface area contributed by atoms with E-state index < -0.39 is 10.0 Å². The van der Waals surface area contributed by atoms with E-state index in [1.165, 1.54) is 27.5 Å². The molecule has 0 bridgehead atoms. The third kappa shape index (κ3) is 2.59. The van der Waals surface area contributed by atoms with Gasteiger partial charge in [0, 0.05) is 22.2 Å². The molecule has 0 aliphatic rings. The Morgan fingerprint density at radius 1 is 1.43 bits per heavy atom. The molecule has 0 aliphatic carbocycles. The highest BCUT2D eigenvalue weighted by Crippen LogP contribution is 2.26.